The number of nitrogens with two attached hydrogens (primary N) is 1. The molecule has 68 valence electrons. The van der Waals surface area contributed by atoms with Crippen LogP contribution >= 0.6 is 0 Å². The molecular weight excluding hydrogens is 162 g/mol. The van der Waals surface area contributed by atoms with Gasteiger partial charge in [-0.25, -0.2) is 0 Å². The molecule has 1 saturated carbocycles. The van der Waals surface area contributed by atoms with Gasteiger partial charge in [-0.05, 0) is 23.8 Å². The fraction of sp³-hybridized carbons (Fsp3) is 0.364. The first kappa shape index (κ1) is 8.30. The standard InChI is InChI=1S/C11H13NO/c12-11(13)7-9-6-10(9)8-4-2-1-3-5-8/h1-5,9-10H,6-7H2,(H2,12,13). The molecule has 2 unspecified atom stereocenters. The smallest absolute Gasteiger partial charge is 0.217 e. The van der Waals surface area contributed by atoms with Gasteiger partial charge in [0.05, 0.1) is 0 Å². The molecule has 0 saturated heterocycles. The van der Waals surface area contributed by atoms with Crippen molar-refractivity contribution in [1.29, 1.82) is 0 Å². The van der Waals surface area contributed by atoms with Crippen LogP contribution in [0.5, 0.6) is 0 Å². The highest BCUT2D eigenvalue weighted by molar-refractivity contribution is 5.74. The number of benzene rings is 1. The molecule has 0 heterocycles. The van der Waals surface area contributed by atoms with Crippen LogP contribution in [0.3, 0.4) is 0 Å². The number of carbonyl (C=O) groups excluding carboxylic acids is 1. The van der Waals surface area contributed by atoms with Crippen molar-refractivity contribution in [3.63, 3.8) is 0 Å². The van der Waals surface area contributed by atoms with Crippen molar-refractivity contribution >= 4 is 5.91 Å². The molecule has 2 rings (SSSR count). The van der Waals surface area contributed by atoms with Crippen molar-refractivity contribution < 1.29 is 4.79 Å². The van der Waals surface area contributed by atoms with Gasteiger partial charge in [-0.1, -0.05) is 30.3 Å². The van der Waals surface area contributed by atoms with Gasteiger partial charge in [0.1, 0.15) is 0 Å². The first-order chi connectivity index (χ1) is 6.27. The van der Waals surface area contributed by atoms with Crippen LogP contribution in [0.15, 0.2) is 30.3 Å². The van der Waals surface area contributed by atoms with E-state index in [1.54, 1.807) is 0 Å². The van der Waals surface area contributed by atoms with Crippen LogP contribution in [-0.2, 0) is 4.79 Å². The number of primary amides is 1. The van der Waals surface area contributed by atoms with E-state index in [1.807, 2.05) is 18.2 Å². The van der Waals surface area contributed by atoms with Gasteiger partial charge in [0.2, 0.25) is 5.91 Å². The third-order valence-corrected chi connectivity index (χ3v) is 2.61. The number of hydrogen-bond donors (Lipinski definition) is 1. The van der Waals surface area contributed by atoms with Crippen LogP contribution in [0.1, 0.15) is 24.3 Å². The maximum atomic E-state index is 10.6. The van der Waals surface area contributed by atoms with Gasteiger partial charge in [-0.3, -0.25) is 4.79 Å². The second-order valence-electron chi connectivity index (χ2n) is 3.68. The topological polar surface area (TPSA) is 43.1 Å². The van der Waals surface area contributed by atoms with Crippen molar-refractivity contribution in [2.75, 3.05) is 0 Å². The minimum absolute atomic E-state index is 0.177. The normalized spacial score (nSPS) is 25.5. The molecule has 0 aromatic heterocycles. The van der Waals surface area contributed by atoms with Gasteiger partial charge >= 0.3 is 0 Å². The third-order valence-electron chi connectivity index (χ3n) is 2.61. The Morgan fingerprint density at radius 1 is 1.38 bits per heavy atom. The average Bonchev–Trinajstić information content (AvgIpc) is 2.84. The van der Waals surface area contributed by atoms with E-state index in [0.29, 0.717) is 18.3 Å². The van der Waals surface area contributed by atoms with Gasteiger partial charge < -0.3 is 5.73 Å². The van der Waals surface area contributed by atoms with Crippen LogP contribution < -0.4 is 5.73 Å². The van der Waals surface area contributed by atoms with E-state index >= 15 is 0 Å². The summed E-state index contributed by atoms with van der Waals surface area (Å²) in [7, 11) is 0. The summed E-state index contributed by atoms with van der Waals surface area (Å²) in [6.45, 7) is 0. The minimum Gasteiger partial charge on any atom is -0.370 e. The molecule has 1 aromatic carbocycles. The minimum atomic E-state index is -0.177. The molecule has 2 N–H and O–H groups in total. The Morgan fingerprint density at radius 2 is 2.08 bits per heavy atom. The summed E-state index contributed by atoms with van der Waals surface area (Å²) in [5.74, 6) is 0.900. The fourth-order valence-corrected chi connectivity index (χ4v) is 1.84. The molecule has 1 aromatic rings. The van der Waals surface area contributed by atoms with Crippen LogP contribution in [0.2, 0.25) is 0 Å². The van der Waals surface area contributed by atoms with E-state index in [2.05, 4.69) is 12.1 Å². The lowest BCUT2D eigenvalue weighted by molar-refractivity contribution is -0.118. The van der Waals surface area contributed by atoms with E-state index in [4.69, 9.17) is 5.73 Å². The fourth-order valence-electron chi connectivity index (χ4n) is 1.84. The molecule has 1 fully saturated rings. The molecule has 1 amide bonds. The zero-order chi connectivity index (χ0) is 9.26. The molecule has 1 aliphatic rings. The zero-order valence-corrected chi connectivity index (χ0v) is 7.44. The maximum absolute atomic E-state index is 10.6. The molecule has 2 heteroatoms. The number of rotatable bonds is 3. The Morgan fingerprint density at radius 3 is 2.69 bits per heavy atom. The van der Waals surface area contributed by atoms with Gasteiger partial charge in [0, 0.05) is 6.42 Å². The van der Waals surface area contributed by atoms with Crippen molar-refractivity contribution in [1.82, 2.24) is 0 Å². The predicted molar refractivity (Wildman–Crippen MR) is 51.1 cm³/mol. The summed E-state index contributed by atoms with van der Waals surface area (Å²) in [6.07, 6.45) is 1.66. The summed E-state index contributed by atoms with van der Waals surface area (Å²) in [5.41, 5.74) is 6.48. The molecule has 0 spiro atoms. The van der Waals surface area contributed by atoms with Crippen molar-refractivity contribution in [2.24, 2.45) is 11.7 Å². The Labute approximate surface area is 77.8 Å². The molecule has 0 radical (unpaired) electrons. The molecular formula is C11H13NO. The van der Waals surface area contributed by atoms with Crippen LogP contribution in [0.4, 0.5) is 0 Å². The van der Waals surface area contributed by atoms with E-state index in [1.165, 1.54) is 5.56 Å². The average molecular weight is 175 g/mol. The summed E-state index contributed by atoms with van der Waals surface area (Å²) in [5, 5.41) is 0. The number of hydrogen-bond acceptors (Lipinski definition) is 1. The molecule has 0 bridgehead atoms. The largest absolute Gasteiger partial charge is 0.370 e. The van der Waals surface area contributed by atoms with Crippen molar-refractivity contribution in [3.8, 4) is 0 Å². The van der Waals surface area contributed by atoms with E-state index in [0.717, 1.165) is 6.42 Å². The quantitative estimate of drug-likeness (QED) is 0.746. The molecule has 13 heavy (non-hydrogen) atoms. The van der Waals surface area contributed by atoms with Gasteiger partial charge in [0.15, 0.2) is 0 Å². The third kappa shape index (κ3) is 1.89. The molecule has 2 atom stereocenters. The van der Waals surface area contributed by atoms with E-state index in [-0.39, 0.29) is 5.91 Å². The monoisotopic (exact) mass is 175 g/mol. The van der Waals surface area contributed by atoms with Gasteiger partial charge in [-0.2, -0.15) is 0 Å². The number of amides is 1. The summed E-state index contributed by atoms with van der Waals surface area (Å²) >= 11 is 0. The second kappa shape index (κ2) is 3.21. The maximum Gasteiger partial charge on any atom is 0.217 e. The first-order valence-electron chi connectivity index (χ1n) is 4.60. The summed E-state index contributed by atoms with van der Waals surface area (Å²) in [4.78, 5) is 10.6. The lowest BCUT2D eigenvalue weighted by Crippen LogP contribution is -2.11. The van der Waals surface area contributed by atoms with Crippen LogP contribution in [0.25, 0.3) is 0 Å². The summed E-state index contributed by atoms with van der Waals surface area (Å²) < 4.78 is 0. The van der Waals surface area contributed by atoms with Crippen LogP contribution in [0, 0.1) is 5.92 Å². The molecule has 2 nitrogen and oxygen atoms in total. The Balaban J connectivity index is 1.97. The highest BCUT2D eigenvalue weighted by Gasteiger charge is 2.38. The second-order valence-corrected chi connectivity index (χ2v) is 3.68. The van der Waals surface area contributed by atoms with Crippen LogP contribution in [-0.4, -0.2) is 5.91 Å². The highest BCUT2D eigenvalue weighted by atomic mass is 16.1. The Kier molecular flexibility index (Phi) is 2.05. The molecule has 1 aliphatic carbocycles. The SMILES string of the molecule is NC(=O)CC1CC1c1ccccc1. The lowest BCUT2D eigenvalue weighted by atomic mass is 10.1. The highest BCUT2D eigenvalue weighted by Crippen LogP contribution is 2.49. The molecule has 0 aliphatic heterocycles. The van der Waals surface area contributed by atoms with Crippen molar-refractivity contribution in [2.45, 2.75) is 18.8 Å². The number of carbonyl (C=O) groups is 1. The first-order valence-corrected chi connectivity index (χ1v) is 4.60. The van der Waals surface area contributed by atoms with Gasteiger partial charge in [0.25, 0.3) is 0 Å². The van der Waals surface area contributed by atoms with E-state index in [9.17, 15) is 4.79 Å². The summed E-state index contributed by atoms with van der Waals surface area (Å²) in [6, 6.07) is 10.3. The van der Waals surface area contributed by atoms with E-state index < -0.39 is 0 Å². The predicted octanol–water partition coefficient (Wildman–Crippen LogP) is 1.67. The zero-order valence-electron chi connectivity index (χ0n) is 7.44. The van der Waals surface area contributed by atoms with Gasteiger partial charge in [-0.15, -0.1) is 0 Å². The van der Waals surface area contributed by atoms with Crippen molar-refractivity contribution in [3.05, 3.63) is 35.9 Å². The lowest BCUT2D eigenvalue weighted by Gasteiger charge is -1.97. The Hall–Kier alpha value is -1.31. The Bertz CT molecular complexity index is 307.